The van der Waals surface area contributed by atoms with Crippen LogP contribution >= 0.6 is 0 Å². The monoisotopic (exact) mass is 342 g/mol. The van der Waals surface area contributed by atoms with Crippen LogP contribution in [0.1, 0.15) is 38.5 Å². The van der Waals surface area contributed by atoms with Crippen molar-refractivity contribution in [2.24, 2.45) is 0 Å². The standard InChI is InChI=1S/C16H22N8O/c1-11(2)16-20-19-15(25-16)9-22-6-7-23(12(3)8-22)14-5-4-13-18-17-10-24(13)21-14/h4-5,10-12H,6-9H2,1-3H3. The molecule has 4 heterocycles. The second kappa shape index (κ2) is 6.40. The lowest BCUT2D eigenvalue weighted by molar-refractivity contribution is 0.199. The number of hydrogen-bond donors (Lipinski definition) is 0. The van der Waals surface area contributed by atoms with Gasteiger partial charge in [0.15, 0.2) is 5.65 Å². The van der Waals surface area contributed by atoms with Crippen molar-refractivity contribution in [1.82, 2.24) is 34.9 Å². The lowest BCUT2D eigenvalue weighted by atomic mass is 10.2. The molecule has 0 bridgehead atoms. The van der Waals surface area contributed by atoms with E-state index in [1.54, 1.807) is 10.8 Å². The Hall–Kier alpha value is -2.55. The van der Waals surface area contributed by atoms with Gasteiger partial charge < -0.3 is 9.32 Å². The van der Waals surface area contributed by atoms with E-state index in [-0.39, 0.29) is 5.92 Å². The van der Waals surface area contributed by atoms with Crippen molar-refractivity contribution in [2.75, 3.05) is 24.5 Å². The summed E-state index contributed by atoms with van der Waals surface area (Å²) in [5.41, 5.74) is 0.757. The van der Waals surface area contributed by atoms with Gasteiger partial charge in [-0.15, -0.1) is 25.5 Å². The molecular weight excluding hydrogens is 320 g/mol. The zero-order valence-corrected chi connectivity index (χ0v) is 14.7. The molecule has 1 saturated heterocycles. The molecule has 0 spiro atoms. The summed E-state index contributed by atoms with van der Waals surface area (Å²) in [5.74, 6) is 2.59. The number of hydrogen-bond acceptors (Lipinski definition) is 8. The molecule has 3 aromatic rings. The van der Waals surface area contributed by atoms with E-state index in [4.69, 9.17) is 4.42 Å². The fourth-order valence-electron chi connectivity index (χ4n) is 3.14. The van der Waals surface area contributed by atoms with Gasteiger partial charge in [-0.1, -0.05) is 13.8 Å². The highest BCUT2D eigenvalue weighted by molar-refractivity contribution is 5.46. The van der Waals surface area contributed by atoms with Crippen molar-refractivity contribution in [3.63, 3.8) is 0 Å². The Kier molecular flexibility index (Phi) is 4.08. The van der Waals surface area contributed by atoms with Crippen LogP contribution < -0.4 is 4.90 Å². The second-order valence-corrected chi connectivity index (χ2v) is 6.79. The first-order chi connectivity index (χ1) is 12.1. The third-order valence-corrected chi connectivity index (χ3v) is 4.49. The topological polar surface area (TPSA) is 88.5 Å². The normalized spacial score (nSPS) is 19.2. The van der Waals surface area contributed by atoms with E-state index in [1.807, 2.05) is 12.1 Å². The highest BCUT2D eigenvalue weighted by atomic mass is 16.4. The van der Waals surface area contributed by atoms with Crippen molar-refractivity contribution in [3.05, 3.63) is 30.2 Å². The smallest absolute Gasteiger partial charge is 0.230 e. The first-order valence-corrected chi connectivity index (χ1v) is 8.58. The Morgan fingerprint density at radius 1 is 1.20 bits per heavy atom. The van der Waals surface area contributed by atoms with Crippen LogP contribution in [0.15, 0.2) is 22.9 Å². The molecule has 1 fully saturated rings. The number of rotatable bonds is 4. The molecule has 1 aliphatic heterocycles. The number of fused-ring (bicyclic) bond motifs is 1. The van der Waals surface area contributed by atoms with E-state index in [9.17, 15) is 0 Å². The Morgan fingerprint density at radius 2 is 2.08 bits per heavy atom. The molecule has 1 atom stereocenters. The Balaban J connectivity index is 1.42. The minimum absolute atomic E-state index is 0.260. The predicted molar refractivity (Wildman–Crippen MR) is 91.3 cm³/mol. The van der Waals surface area contributed by atoms with Gasteiger partial charge in [0.05, 0.1) is 6.54 Å². The molecule has 1 unspecified atom stereocenters. The van der Waals surface area contributed by atoms with Crippen molar-refractivity contribution >= 4 is 11.5 Å². The summed E-state index contributed by atoms with van der Waals surface area (Å²) < 4.78 is 7.44. The van der Waals surface area contributed by atoms with Gasteiger partial charge in [0.2, 0.25) is 11.8 Å². The van der Waals surface area contributed by atoms with E-state index in [2.05, 4.69) is 56.1 Å². The number of aromatic nitrogens is 6. The van der Waals surface area contributed by atoms with Crippen molar-refractivity contribution < 1.29 is 4.42 Å². The van der Waals surface area contributed by atoms with E-state index in [0.29, 0.717) is 24.4 Å². The summed E-state index contributed by atoms with van der Waals surface area (Å²) in [6.45, 7) is 9.74. The minimum atomic E-state index is 0.260. The number of piperazine rings is 1. The quantitative estimate of drug-likeness (QED) is 0.702. The fraction of sp³-hybridized carbons (Fsp3) is 0.562. The van der Waals surface area contributed by atoms with E-state index < -0.39 is 0 Å². The molecule has 0 aliphatic carbocycles. The molecule has 132 valence electrons. The maximum absolute atomic E-state index is 5.73. The summed E-state index contributed by atoms with van der Waals surface area (Å²) in [6, 6.07) is 4.28. The molecule has 0 amide bonds. The molecule has 0 saturated carbocycles. The maximum Gasteiger partial charge on any atom is 0.230 e. The molecule has 0 N–H and O–H groups in total. The molecule has 1 aliphatic rings. The van der Waals surface area contributed by atoms with Crippen LogP contribution in [0, 0.1) is 0 Å². The van der Waals surface area contributed by atoms with E-state index in [1.165, 1.54) is 0 Å². The zero-order chi connectivity index (χ0) is 17.4. The van der Waals surface area contributed by atoms with E-state index >= 15 is 0 Å². The lowest BCUT2D eigenvalue weighted by Crippen LogP contribution is -2.52. The van der Waals surface area contributed by atoms with Crippen molar-refractivity contribution in [3.8, 4) is 0 Å². The van der Waals surface area contributed by atoms with Gasteiger partial charge in [0.1, 0.15) is 12.1 Å². The molecular formula is C16H22N8O. The summed E-state index contributed by atoms with van der Waals surface area (Å²) in [4.78, 5) is 4.65. The first kappa shape index (κ1) is 15.9. The van der Waals surface area contributed by atoms with Gasteiger partial charge >= 0.3 is 0 Å². The molecule has 9 heteroatoms. The van der Waals surface area contributed by atoms with Crippen molar-refractivity contribution in [2.45, 2.75) is 39.3 Å². The van der Waals surface area contributed by atoms with Gasteiger partial charge in [-0.05, 0) is 19.1 Å². The highest BCUT2D eigenvalue weighted by Crippen LogP contribution is 2.20. The van der Waals surface area contributed by atoms with Gasteiger partial charge in [0, 0.05) is 31.6 Å². The molecule has 3 aromatic heterocycles. The third-order valence-electron chi connectivity index (χ3n) is 4.49. The Bertz CT molecular complexity index is 857. The lowest BCUT2D eigenvalue weighted by Gasteiger charge is -2.39. The van der Waals surface area contributed by atoms with Gasteiger partial charge in [0.25, 0.3) is 0 Å². The summed E-state index contributed by atoms with van der Waals surface area (Å²) in [6.07, 6.45) is 1.63. The largest absolute Gasteiger partial charge is 0.424 e. The van der Waals surface area contributed by atoms with Crippen LogP contribution in [0.2, 0.25) is 0 Å². The number of anilines is 1. The van der Waals surface area contributed by atoms with Crippen LogP contribution in [0.25, 0.3) is 5.65 Å². The van der Waals surface area contributed by atoms with Gasteiger partial charge in [-0.25, -0.2) is 0 Å². The van der Waals surface area contributed by atoms with Crippen LogP contribution in [-0.2, 0) is 6.54 Å². The molecule has 0 aromatic carbocycles. The Labute approximate surface area is 145 Å². The van der Waals surface area contributed by atoms with E-state index in [0.717, 1.165) is 31.1 Å². The van der Waals surface area contributed by atoms with Crippen LogP contribution in [0.5, 0.6) is 0 Å². The molecule has 4 rings (SSSR count). The van der Waals surface area contributed by atoms with Crippen LogP contribution in [-0.4, -0.2) is 60.6 Å². The molecule has 9 nitrogen and oxygen atoms in total. The zero-order valence-electron chi connectivity index (χ0n) is 14.7. The fourth-order valence-corrected chi connectivity index (χ4v) is 3.14. The summed E-state index contributed by atoms with van der Waals surface area (Å²) >= 11 is 0. The van der Waals surface area contributed by atoms with Crippen LogP contribution in [0.3, 0.4) is 0 Å². The predicted octanol–water partition coefficient (Wildman–Crippen LogP) is 1.34. The highest BCUT2D eigenvalue weighted by Gasteiger charge is 2.26. The maximum atomic E-state index is 5.73. The average Bonchev–Trinajstić information content (AvgIpc) is 3.23. The summed E-state index contributed by atoms with van der Waals surface area (Å²) in [5, 5.41) is 20.7. The van der Waals surface area contributed by atoms with Crippen molar-refractivity contribution in [1.29, 1.82) is 0 Å². The molecule has 0 radical (unpaired) electrons. The first-order valence-electron chi connectivity index (χ1n) is 8.58. The van der Waals surface area contributed by atoms with Crippen LogP contribution in [0.4, 0.5) is 5.82 Å². The third kappa shape index (κ3) is 3.19. The van der Waals surface area contributed by atoms with Gasteiger partial charge in [-0.2, -0.15) is 4.52 Å². The SMILES string of the molecule is CC(C)c1nnc(CN2CCN(c3ccc4nncn4n3)C(C)C2)o1. The summed E-state index contributed by atoms with van der Waals surface area (Å²) in [7, 11) is 0. The average molecular weight is 342 g/mol. The number of nitrogens with zero attached hydrogens (tertiary/aromatic N) is 8. The van der Waals surface area contributed by atoms with Gasteiger partial charge in [-0.3, -0.25) is 4.90 Å². The minimum Gasteiger partial charge on any atom is -0.424 e. The Morgan fingerprint density at radius 3 is 2.84 bits per heavy atom. The second-order valence-electron chi connectivity index (χ2n) is 6.79. The molecule has 25 heavy (non-hydrogen) atoms.